The summed E-state index contributed by atoms with van der Waals surface area (Å²) in [5.41, 5.74) is 2.33. The minimum absolute atomic E-state index is 0.431. The van der Waals surface area contributed by atoms with Crippen molar-refractivity contribution in [3.05, 3.63) is 52.1 Å². The fourth-order valence-corrected chi connectivity index (χ4v) is 1.75. The molecule has 0 aromatic heterocycles. The molecule has 1 aromatic carbocycles. The summed E-state index contributed by atoms with van der Waals surface area (Å²) < 4.78 is 1.03. The van der Waals surface area contributed by atoms with E-state index in [1.807, 2.05) is 18.2 Å². The van der Waals surface area contributed by atoms with Crippen molar-refractivity contribution in [2.75, 3.05) is 6.61 Å². The molecule has 0 saturated carbocycles. The number of halogens is 1. The molecule has 0 spiro atoms. The molecular weight excluding hydrogens is 287 g/mol. The fourth-order valence-electron chi connectivity index (χ4n) is 1.22. The molecule has 0 saturated heterocycles. The van der Waals surface area contributed by atoms with Crippen LogP contribution in [0.2, 0.25) is 0 Å². The quantitative estimate of drug-likeness (QED) is 0.463. The zero-order valence-electron chi connectivity index (χ0n) is 7.96. The van der Waals surface area contributed by atoms with Crippen molar-refractivity contribution in [2.24, 2.45) is 0 Å². The normalized spacial score (nSPS) is 11.4. The minimum atomic E-state index is 0.431. The summed E-state index contributed by atoms with van der Waals surface area (Å²) in [4.78, 5) is 0. The average molecular weight is 301 g/mol. The summed E-state index contributed by atoms with van der Waals surface area (Å²) in [6.45, 7) is 4.37. The van der Waals surface area contributed by atoms with Gasteiger partial charge in [-0.25, -0.2) is 0 Å². The predicted molar refractivity (Wildman–Crippen MR) is 70.7 cm³/mol. The molecule has 0 fully saturated rings. The second-order valence-electron chi connectivity index (χ2n) is 2.93. The lowest BCUT2D eigenvalue weighted by atomic mass is 10.1. The van der Waals surface area contributed by atoms with E-state index in [4.69, 9.17) is 5.11 Å². The lowest BCUT2D eigenvalue weighted by Crippen LogP contribution is -1.85. The van der Waals surface area contributed by atoms with E-state index in [0.29, 0.717) is 6.61 Å². The molecule has 74 valence electrons. The molecule has 14 heavy (non-hydrogen) atoms. The van der Waals surface area contributed by atoms with E-state index in [9.17, 15) is 0 Å². The van der Waals surface area contributed by atoms with Crippen molar-refractivity contribution >= 4 is 28.2 Å². The van der Waals surface area contributed by atoms with E-state index < -0.39 is 0 Å². The van der Waals surface area contributed by atoms with E-state index >= 15 is 0 Å². The van der Waals surface area contributed by atoms with E-state index in [2.05, 4.69) is 47.4 Å². The molecule has 2 heteroatoms. The van der Waals surface area contributed by atoms with Gasteiger partial charge in [0.2, 0.25) is 0 Å². The Kier molecular flexibility index (Phi) is 4.90. The van der Waals surface area contributed by atoms with Gasteiger partial charge in [0, 0.05) is 10.0 Å². The molecule has 0 aliphatic heterocycles. The van der Waals surface area contributed by atoms with Crippen LogP contribution in [-0.2, 0) is 0 Å². The van der Waals surface area contributed by atoms with E-state index in [1.54, 1.807) is 0 Å². The Morgan fingerprint density at radius 1 is 1.36 bits per heavy atom. The Balaban J connectivity index is 2.95. The maximum absolute atomic E-state index is 7.12. The Bertz CT molecular complexity index is 327. The molecule has 0 bridgehead atoms. The first-order chi connectivity index (χ1) is 6.75. The minimum Gasteiger partial charge on any atom is -0.445 e. The standard InChI is InChI=1S/C12H13IO/c1-10(13)12(8-5-9-14)11-6-3-2-4-7-11/h2-4,6-8,14H,1,5,9H2/p+1/b12-8+. The molecular formula is C12H14IO+. The third-order valence-corrected chi connectivity index (χ3v) is 2.45. The molecule has 2 N–H and O–H groups in total. The first kappa shape index (κ1) is 11.5. The van der Waals surface area contributed by atoms with Crippen molar-refractivity contribution in [3.8, 4) is 0 Å². The second kappa shape index (κ2) is 5.98. The van der Waals surface area contributed by atoms with Crippen molar-refractivity contribution < 1.29 is 5.11 Å². The molecule has 0 aliphatic rings. The Labute approximate surface area is 98.3 Å². The molecule has 0 atom stereocenters. The molecule has 1 rings (SSSR count). The predicted octanol–water partition coefficient (Wildman–Crippen LogP) is 3.13. The maximum Gasteiger partial charge on any atom is 0.147 e. The topological polar surface area (TPSA) is 22.9 Å². The molecule has 0 unspecified atom stereocenters. The largest absolute Gasteiger partial charge is 0.445 e. The first-order valence-corrected chi connectivity index (χ1v) is 5.58. The Morgan fingerprint density at radius 2 is 2.00 bits per heavy atom. The van der Waals surface area contributed by atoms with Crippen LogP contribution < -0.4 is 0 Å². The highest BCUT2D eigenvalue weighted by Gasteiger charge is 2.01. The van der Waals surface area contributed by atoms with Crippen LogP contribution in [0.1, 0.15) is 12.0 Å². The van der Waals surface area contributed by atoms with Gasteiger partial charge in [-0.05, 0) is 33.7 Å². The molecule has 0 radical (unpaired) electrons. The van der Waals surface area contributed by atoms with E-state index in [-0.39, 0.29) is 0 Å². The van der Waals surface area contributed by atoms with E-state index in [1.165, 1.54) is 5.56 Å². The third kappa shape index (κ3) is 3.27. The smallest absolute Gasteiger partial charge is 0.147 e. The second-order valence-corrected chi connectivity index (χ2v) is 4.23. The van der Waals surface area contributed by atoms with Gasteiger partial charge in [0.05, 0.1) is 0 Å². The molecule has 1 nitrogen and oxygen atoms in total. The van der Waals surface area contributed by atoms with Crippen LogP contribution in [0.3, 0.4) is 0 Å². The Hall–Kier alpha value is -0.610. The molecule has 0 aliphatic carbocycles. The summed E-state index contributed by atoms with van der Waals surface area (Å²) in [5, 5.41) is 7.12. The van der Waals surface area contributed by atoms with Gasteiger partial charge in [-0.3, -0.25) is 0 Å². The van der Waals surface area contributed by atoms with Crippen LogP contribution in [0.15, 0.2) is 46.6 Å². The maximum atomic E-state index is 7.12. The van der Waals surface area contributed by atoms with Crippen LogP contribution in [0.4, 0.5) is 0 Å². The SMILES string of the molecule is C=C(I)/C(=C\CC[OH2+])c1ccccc1. The number of hydrogen-bond acceptors (Lipinski definition) is 0. The summed E-state index contributed by atoms with van der Waals surface area (Å²) >= 11 is 2.22. The van der Waals surface area contributed by atoms with Crippen LogP contribution in [0.25, 0.3) is 5.57 Å². The summed E-state index contributed by atoms with van der Waals surface area (Å²) in [6.07, 6.45) is 2.86. The number of rotatable bonds is 4. The van der Waals surface area contributed by atoms with Crippen molar-refractivity contribution in [1.29, 1.82) is 0 Å². The zero-order chi connectivity index (χ0) is 10.4. The monoisotopic (exact) mass is 301 g/mol. The number of allylic oxidation sites excluding steroid dienone is 2. The Morgan fingerprint density at radius 3 is 2.50 bits per heavy atom. The van der Waals surface area contributed by atoms with Gasteiger partial charge in [0.15, 0.2) is 0 Å². The van der Waals surface area contributed by atoms with Gasteiger partial charge in [-0.15, -0.1) is 0 Å². The van der Waals surface area contributed by atoms with Crippen LogP contribution in [-0.4, -0.2) is 11.7 Å². The average Bonchev–Trinajstić information content (AvgIpc) is 2.19. The highest BCUT2D eigenvalue weighted by atomic mass is 127. The fraction of sp³-hybridized carbons (Fsp3) is 0.167. The van der Waals surface area contributed by atoms with Gasteiger partial charge >= 0.3 is 0 Å². The van der Waals surface area contributed by atoms with Crippen LogP contribution >= 0.6 is 22.6 Å². The number of hydrogen-bond donors (Lipinski definition) is 0. The van der Waals surface area contributed by atoms with E-state index in [0.717, 1.165) is 15.6 Å². The van der Waals surface area contributed by atoms with Crippen molar-refractivity contribution in [2.45, 2.75) is 6.42 Å². The summed E-state index contributed by atoms with van der Waals surface area (Å²) in [7, 11) is 0. The zero-order valence-corrected chi connectivity index (χ0v) is 10.1. The lowest BCUT2D eigenvalue weighted by Gasteiger charge is -2.05. The van der Waals surface area contributed by atoms with Gasteiger partial charge in [-0.1, -0.05) is 43.0 Å². The highest BCUT2D eigenvalue weighted by Crippen LogP contribution is 2.26. The van der Waals surface area contributed by atoms with Gasteiger partial charge < -0.3 is 5.11 Å². The molecule has 0 amide bonds. The molecule has 0 heterocycles. The molecule has 1 aromatic rings. The van der Waals surface area contributed by atoms with Crippen molar-refractivity contribution in [1.82, 2.24) is 0 Å². The van der Waals surface area contributed by atoms with Crippen LogP contribution in [0.5, 0.6) is 0 Å². The number of benzene rings is 1. The highest BCUT2D eigenvalue weighted by molar-refractivity contribution is 14.1. The van der Waals surface area contributed by atoms with Crippen molar-refractivity contribution in [3.63, 3.8) is 0 Å². The van der Waals surface area contributed by atoms with Gasteiger partial charge in [0.1, 0.15) is 6.61 Å². The van der Waals surface area contributed by atoms with Gasteiger partial charge in [0.25, 0.3) is 0 Å². The van der Waals surface area contributed by atoms with Crippen LogP contribution in [0, 0.1) is 0 Å². The van der Waals surface area contributed by atoms with Gasteiger partial charge in [-0.2, -0.15) is 0 Å². The first-order valence-electron chi connectivity index (χ1n) is 4.50. The summed E-state index contributed by atoms with van der Waals surface area (Å²) in [5.74, 6) is 0. The summed E-state index contributed by atoms with van der Waals surface area (Å²) in [6, 6.07) is 10.2. The third-order valence-electron chi connectivity index (χ3n) is 1.87. The lowest BCUT2D eigenvalue weighted by molar-refractivity contribution is 0.303.